The third kappa shape index (κ3) is 1.34. The van der Waals surface area contributed by atoms with Gasteiger partial charge in [0, 0.05) is 0 Å². The Bertz CT molecular complexity index is 486. The summed E-state index contributed by atoms with van der Waals surface area (Å²) in [5.74, 6) is 4.03. The minimum Gasteiger partial charge on any atom is -0.506 e. The van der Waals surface area contributed by atoms with Crippen LogP contribution < -0.4 is 11.3 Å². The standard InChI is InChI=1S/C8H8N4O3/c9-12-8(15)6-5-3(13)1-2-4(14)7(10-5)11-6/h1-2,13-14H,9H2,(H,10,11)(H,12,15). The van der Waals surface area contributed by atoms with Crippen LogP contribution in [0.4, 0.5) is 0 Å². The summed E-state index contributed by atoms with van der Waals surface area (Å²) in [7, 11) is 0. The summed E-state index contributed by atoms with van der Waals surface area (Å²) in [6.45, 7) is 0. The second kappa shape index (κ2) is 3.14. The lowest BCUT2D eigenvalue weighted by atomic mass is 10.2. The third-order valence-electron chi connectivity index (χ3n) is 1.95. The molecule has 1 aromatic heterocycles. The molecule has 1 aliphatic rings. The molecule has 0 unspecified atom stereocenters. The quantitative estimate of drug-likeness (QED) is 0.249. The molecule has 1 aromatic rings. The first-order chi connectivity index (χ1) is 7.13. The Kier molecular flexibility index (Phi) is 1.94. The number of allylic oxidation sites excluding steroid dienone is 2. The van der Waals surface area contributed by atoms with E-state index in [1.807, 2.05) is 5.43 Å². The highest BCUT2D eigenvalue weighted by molar-refractivity contribution is 5.96. The van der Waals surface area contributed by atoms with Gasteiger partial charge >= 0.3 is 0 Å². The van der Waals surface area contributed by atoms with Crippen molar-refractivity contribution in [3.8, 4) is 0 Å². The third-order valence-corrected chi connectivity index (χ3v) is 1.95. The van der Waals surface area contributed by atoms with E-state index in [1.165, 1.54) is 12.2 Å². The summed E-state index contributed by atoms with van der Waals surface area (Å²) in [6, 6.07) is 0. The fraction of sp³-hybridized carbons (Fsp3) is 0. The Hall–Kier alpha value is -2.28. The number of nitrogen functional groups attached to an aromatic ring is 1. The number of aromatic nitrogens is 2. The number of nitrogens with two attached hydrogens (primary N) is 1. The van der Waals surface area contributed by atoms with Gasteiger partial charge in [0.1, 0.15) is 17.1 Å². The lowest BCUT2D eigenvalue weighted by Gasteiger charge is -2.00. The number of hydrogen-bond acceptors (Lipinski definition) is 5. The van der Waals surface area contributed by atoms with Crippen molar-refractivity contribution in [1.29, 1.82) is 0 Å². The number of nitrogens with zero attached hydrogens (tertiary/aromatic N) is 1. The fourth-order valence-electron chi connectivity index (χ4n) is 1.23. The SMILES string of the molecule is NNC(=O)c1[nH]c2nc1C(O)=CC=C2O. The molecule has 0 aliphatic carbocycles. The van der Waals surface area contributed by atoms with E-state index in [4.69, 9.17) is 5.84 Å². The van der Waals surface area contributed by atoms with Crippen LogP contribution in [-0.2, 0) is 0 Å². The van der Waals surface area contributed by atoms with Crippen LogP contribution in [-0.4, -0.2) is 26.1 Å². The van der Waals surface area contributed by atoms with Crippen LogP contribution in [0, 0.1) is 0 Å². The minimum atomic E-state index is -0.626. The molecule has 7 heteroatoms. The Morgan fingerprint density at radius 1 is 1.40 bits per heavy atom. The molecule has 0 atom stereocenters. The lowest BCUT2D eigenvalue weighted by molar-refractivity contribution is 0.0948. The number of hydrazine groups is 1. The fourth-order valence-corrected chi connectivity index (χ4v) is 1.23. The van der Waals surface area contributed by atoms with E-state index in [2.05, 4.69) is 9.97 Å². The first kappa shape index (κ1) is 9.28. The Balaban J connectivity index is 2.60. The molecular formula is C8H8N4O3. The number of amides is 1. The van der Waals surface area contributed by atoms with Gasteiger partial charge in [-0.05, 0) is 12.2 Å². The van der Waals surface area contributed by atoms with Crippen LogP contribution in [0.2, 0.25) is 0 Å². The number of rotatable bonds is 1. The topological polar surface area (TPSA) is 124 Å². The van der Waals surface area contributed by atoms with Gasteiger partial charge in [0.05, 0.1) is 0 Å². The first-order valence-corrected chi connectivity index (χ1v) is 4.05. The zero-order valence-corrected chi connectivity index (χ0v) is 7.48. The molecule has 1 amide bonds. The molecule has 15 heavy (non-hydrogen) atoms. The summed E-state index contributed by atoms with van der Waals surface area (Å²) < 4.78 is 0. The molecule has 7 nitrogen and oxygen atoms in total. The minimum absolute atomic E-state index is 0.000833. The molecule has 1 aliphatic heterocycles. The highest BCUT2D eigenvalue weighted by Crippen LogP contribution is 2.21. The molecule has 2 rings (SSSR count). The first-order valence-electron chi connectivity index (χ1n) is 4.05. The summed E-state index contributed by atoms with van der Waals surface area (Å²) in [5, 5.41) is 18.9. The molecule has 2 bridgehead atoms. The predicted octanol–water partition coefficient (Wildman–Crippen LogP) is -0.175. The van der Waals surface area contributed by atoms with Crippen molar-refractivity contribution >= 4 is 17.4 Å². The van der Waals surface area contributed by atoms with Crippen molar-refractivity contribution in [3.63, 3.8) is 0 Å². The van der Waals surface area contributed by atoms with Gasteiger partial charge in [0.25, 0.3) is 5.91 Å². The second-order valence-electron chi connectivity index (χ2n) is 2.89. The van der Waals surface area contributed by atoms with Gasteiger partial charge in [-0.15, -0.1) is 0 Å². The molecule has 78 valence electrons. The van der Waals surface area contributed by atoms with Gasteiger partial charge in [-0.1, -0.05) is 0 Å². The van der Waals surface area contributed by atoms with Crippen molar-refractivity contribution in [2.75, 3.05) is 0 Å². The predicted molar refractivity (Wildman–Crippen MR) is 51.5 cm³/mol. The van der Waals surface area contributed by atoms with Crippen LogP contribution in [0.3, 0.4) is 0 Å². The van der Waals surface area contributed by atoms with Crippen LogP contribution in [0.5, 0.6) is 0 Å². The maximum Gasteiger partial charge on any atom is 0.284 e. The summed E-state index contributed by atoms with van der Waals surface area (Å²) in [5.41, 5.74) is 1.95. The normalized spacial score (nSPS) is 13.9. The van der Waals surface area contributed by atoms with Gasteiger partial charge < -0.3 is 15.2 Å². The van der Waals surface area contributed by atoms with E-state index < -0.39 is 5.91 Å². The number of imidazole rings is 1. The number of aliphatic hydroxyl groups excluding tert-OH is 2. The van der Waals surface area contributed by atoms with Gasteiger partial charge in [-0.2, -0.15) is 0 Å². The number of fused-ring (bicyclic) bond motifs is 2. The molecule has 0 fully saturated rings. The average molecular weight is 208 g/mol. The number of H-pyrrole nitrogens is 1. The Morgan fingerprint density at radius 2 is 2.07 bits per heavy atom. The van der Waals surface area contributed by atoms with E-state index >= 15 is 0 Å². The van der Waals surface area contributed by atoms with Crippen LogP contribution in [0.15, 0.2) is 12.2 Å². The van der Waals surface area contributed by atoms with Crippen LogP contribution in [0.25, 0.3) is 11.5 Å². The largest absolute Gasteiger partial charge is 0.506 e. The lowest BCUT2D eigenvalue weighted by Crippen LogP contribution is -2.31. The van der Waals surface area contributed by atoms with Gasteiger partial charge in [-0.3, -0.25) is 10.2 Å². The zero-order valence-electron chi connectivity index (χ0n) is 7.48. The summed E-state index contributed by atoms with van der Waals surface area (Å²) >= 11 is 0. The highest BCUT2D eigenvalue weighted by Gasteiger charge is 2.22. The average Bonchev–Trinajstić information content (AvgIpc) is 2.63. The number of hydrogen-bond donors (Lipinski definition) is 5. The number of aliphatic hydroxyl groups is 2. The number of aromatic amines is 1. The Morgan fingerprint density at radius 3 is 2.73 bits per heavy atom. The number of nitrogens with one attached hydrogen (secondary N) is 2. The maximum absolute atomic E-state index is 11.3. The van der Waals surface area contributed by atoms with Crippen LogP contribution >= 0.6 is 0 Å². The highest BCUT2D eigenvalue weighted by atomic mass is 16.3. The number of carbonyl (C=O) groups is 1. The number of carbonyl (C=O) groups excluding carboxylic acids is 1. The molecule has 0 saturated heterocycles. The van der Waals surface area contributed by atoms with E-state index in [0.717, 1.165) is 0 Å². The zero-order chi connectivity index (χ0) is 11.0. The van der Waals surface area contributed by atoms with Crippen LogP contribution in [0.1, 0.15) is 22.0 Å². The summed E-state index contributed by atoms with van der Waals surface area (Å²) in [4.78, 5) is 17.6. The molecule has 0 radical (unpaired) electrons. The van der Waals surface area contributed by atoms with Crippen molar-refractivity contribution in [3.05, 3.63) is 29.4 Å². The Labute approximate surface area is 83.9 Å². The maximum atomic E-state index is 11.3. The van der Waals surface area contributed by atoms with E-state index in [9.17, 15) is 15.0 Å². The molecule has 0 saturated carbocycles. The van der Waals surface area contributed by atoms with Crippen molar-refractivity contribution in [2.24, 2.45) is 5.84 Å². The van der Waals surface area contributed by atoms with Crippen molar-refractivity contribution in [2.45, 2.75) is 0 Å². The van der Waals surface area contributed by atoms with Gasteiger partial charge in [0.15, 0.2) is 11.6 Å². The molecular weight excluding hydrogens is 200 g/mol. The molecule has 0 aromatic carbocycles. The van der Waals surface area contributed by atoms with E-state index in [-0.39, 0.29) is 28.7 Å². The van der Waals surface area contributed by atoms with Crippen molar-refractivity contribution < 1.29 is 15.0 Å². The monoisotopic (exact) mass is 208 g/mol. The molecule has 6 N–H and O–H groups in total. The smallest absolute Gasteiger partial charge is 0.284 e. The molecule has 0 spiro atoms. The van der Waals surface area contributed by atoms with Gasteiger partial charge in [0.2, 0.25) is 0 Å². The second-order valence-corrected chi connectivity index (χ2v) is 2.89. The van der Waals surface area contributed by atoms with E-state index in [0.29, 0.717) is 0 Å². The molecule has 2 heterocycles. The van der Waals surface area contributed by atoms with Crippen molar-refractivity contribution in [1.82, 2.24) is 15.4 Å². The van der Waals surface area contributed by atoms with Gasteiger partial charge in [-0.25, -0.2) is 10.8 Å². The summed E-state index contributed by atoms with van der Waals surface area (Å²) in [6.07, 6.45) is 2.51. The van der Waals surface area contributed by atoms with E-state index in [1.54, 1.807) is 0 Å².